The van der Waals surface area contributed by atoms with Gasteiger partial charge in [-0.15, -0.1) is 0 Å². The van der Waals surface area contributed by atoms with Crippen LogP contribution in [0.25, 0.3) is 0 Å². The topological polar surface area (TPSA) is 55.8 Å². The molecule has 2 heterocycles. The fourth-order valence-electron chi connectivity index (χ4n) is 3.78. The molecule has 0 radical (unpaired) electrons. The van der Waals surface area contributed by atoms with Crippen molar-refractivity contribution in [1.82, 2.24) is 4.31 Å². The molecule has 0 spiro atoms. The van der Waals surface area contributed by atoms with Gasteiger partial charge in [-0.1, -0.05) is 12.5 Å². The van der Waals surface area contributed by atoms with Gasteiger partial charge < -0.3 is 9.47 Å². The first-order valence-corrected chi connectivity index (χ1v) is 10.1. The summed E-state index contributed by atoms with van der Waals surface area (Å²) < 4.78 is 39.9. The zero-order chi connectivity index (χ0) is 17.5. The van der Waals surface area contributed by atoms with Gasteiger partial charge in [-0.25, -0.2) is 8.42 Å². The molecule has 134 valence electrons. The highest BCUT2D eigenvalue weighted by Crippen LogP contribution is 2.34. The van der Waals surface area contributed by atoms with Gasteiger partial charge in [0.2, 0.25) is 10.0 Å². The normalized spacial score (nSPS) is 23.8. The molecule has 0 aliphatic carbocycles. The average molecular weight is 353 g/mol. The standard InChI is InChI=1S/C18H27NO4S/c1-12-11-13(2)15(4)17(14(12)3)24(20,21)19-8-6-5-7-16(19)18-22-9-10-23-18/h11,16,18H,5-10H2,1-4H3. The van der Waals surface area contributed by atoms with Gasteiger partial charge in [-0.05, 0) is 62.8 Å². The maximum atomic E-state index is 13.5. The molecule has 5 nitrogen and oxygen atoms in total. The Morgan fingerprint density at radius 1 is 1.00 bits per heavy atom. The Morgan fingerprint density at radius 3 is 2.17 bits per heavy atom. The van der Waals surface area contributed by atoms with E-state index in [1.54, 1.807) is 4.31 Å². The van der Waals surface area contributed by atoms with Gasteiger partial charge in [0, 0.05) is 6.54 Å². The summed E-state index contributed by atoms with van der Waals surface area (Å²) in [5, 5.41) is 0. The fraction of sp³-hybridized carbons (Fsp3) is 0.667. The van der Waals surface area contributed by atoms with Crippen molar-refractivity contribution >= 4 is 10.0 Å². The molecule has 2 saturated heterocycles. The molecule has 3 rings (SSSR count). The van der Waals surface area contributed by atoms with E-state index in [1.165, 1.54) is 0 Å². The Labute approximate surface area is 145 Å². The Balaban J connectivity index is 2.06. The minimum atomic E-state index is -3.58. The number of nitrogens with zero attached hydrogens (tertiary/aromatic N) is 1. The molecule has 0 amide bonds. The molecule has 1 atom stereocenters. The molecule has 0 saturated carbocycles. The Bertz CT molecular complexity index is 697. The predicted molar refractivity (Wildman–Crippen MR) is 92.6 cm³/mol. The quantitative estimate of drug-likeness (QED) is 0.838. The second-order valence-electron chi connectivity index (χ2n) is 6.88. The summed E-state index contributed by atoms with van der Waals surface area (Å²) in [6.07, 6.45) is 2.23. The van der Waals surface area contributed by atoms with Crippen molar-refractivity contribution in [2.24, 2.45) is 0 Å². The van der Waals surface area contributed by atoms with E-state index in [-0.39, 0.29) is 6.04 Å². The highest BCUT2D eigenvalue weighted by atomic mass is 32.2. The monoisotopic (exact) mass is 353 g/mol. The van der Waals surface area contributed by atoms with Crippen LogP contribution < -0.4 is 0 Å². The second-order valence-corrected chi connectivity index (χ2v) is 8.71. The molecule has 24 heavy (non-hydrogen) atoms. The molecule has 1 aromatic carbocycles. The summed E-state index contributed by atoms with van der Waals surface area (Å²) in [6.45, 7) is 9.34. The largest absolute Gasteiger partial charge is 0.349 e. The molecular formula is C18H27NO4S. The Kier molecular flexibility index (Phi) is 5.02. The van der Waals surface area contributed by atoms with Gasteiger partial charge in [0.25, 0.3) is 0 Å². The van der Waals surface area contributed by atoms with Crippen LogP contribution in [0.3, 0.4) is 0 Å². The van der Waals surface area contributed by atoms with E-state index in [4.69, 9.17) is 9.47 Å². The number of aryl methyl sites for hydroxylation is 2. The van der Waals surface area contributed by atoms with Crippen LogP contribution in [-0.2, 0) is 19.5 Å². The summed E-state index contributed by atoms with van der Waals surface area (Å²) in [5.74, 6) is 0. The summed E-state index contributed by atoms with van der Waals surface area (Å²) >= 11 is 0. The first kappa shape index (κ1) is 17.9. The number of hydrogen-bond donors (Lipinski definition) is 0. The van der Waals surface area contributed by atoms with Crippen molar-refractivity contribution in [3.63, 3.8) is 0 Å². The first-order valence-electron chi connectivity index (χ1n) is 8.66. The average Bonchev–Trinajstić information content (AvgIpc) is 3.07. The van der Waals surface area contributed by atoms with Crippen LogP contribution in [0.5, 0.6) is 0 Å². The lowest BCUT2D eigenvalue weighted by Gasteiger charge is -2.37. The Hall–Kier alpha value is -0.950. The molecule has 0 bridgehead atoms. The van der Waals surface area contributed by atoms with Gasteiger partial charge in [0.15, 0.2) is 6.29 Å². The lowest BCUT2D eigenvalue weighted by molar-refractivity contribution is -0.0913. The summed E-state index contributed by atoms with van der Waals surface area (Å²) in [5.41, 5.74) is 3.71. The molecule has 0 N–H and O–H groups in total. The molecule has 2 aliphatic heterocycles. The van der Waals surface area contributed by atoms with Crippen molar-refractivity contribution in [2.75, 3.05) is 19.8 Å². The molecule has 0 aromatic heterocycles. The Morgan fingerprint density at radius 2 is 1.58 bits per heavy atom. The van der Waals surface area contributed by atoms with Crippen molar-refractivity contribution < 1.29 is 17.9 Å². The number of ether oxygens (including phenoxy) is 2. The van der Waals surface area contributed by atoms with Crippen LogP contribution in [-0.4, -0.2) is 44.8 Å². The molecular weight excluding hydrogens is 326 g/mol. The third kappa shape index (κ3) is 3.01. The van der Waals surface area contributed by atoms with E-state index in [1.807, 2.05) is 27.7 Å². The molecule has 1 aromatic rings. The third-order valence-corrected chi connectivity index (χ3v) is 7.52. The maximum absolute atomic E-state index is 13.5. The predicted octanol–water partition coefficient (Wildman–Crippen LogP) is 2.84. The fourth-order valence-corrected chi connectivity index (χ4v) is 6.05. The van der Waals surface area contributed by atoms with Crippen LogP contribution in [0.2, 0.25) is 0 Å². The first-order chi connectivity index (χ1) is 11.3. The number of rotatable bonds is 3. The number of piperidine rings is 1. The van der Waals surface area contributed by atoms with Crippen LogP contribution in [0.15, 0.2) is 11.0 Å². The van der Waals surface area contributed by atoms with E-state index in [9.17, 15) is 8.42 Å². The smallest absolute Gasteiger partial charge is 0.244 e. The van der Waals surface area contributed by atoms with E-state index < -0.39 is 16.3 Å². The number of sulfonamides is 1. The summed E-state index contributed by atoms with van der Waals surface area (Å²) in [4.78, 5) is 0.463. The lowest BCUT2D eigenvalue weighted by Crippen LogP contribution is -2.50. The van der Waals surface area contributed by atoms with Crippen molar-refractivity contribution in [2.45, 2.75) is 64.2 Å². The molecule has 2 aliphatic rings. The van der Waals surface area contributed by atoms with E-state index in [0.29, 0.717) is 24.7 Å². The molecule has 1 unspecified atom stereocenters. The number of benzene rings is 1. The van der Waals surface area contributed by atoms with Crippen LogP contribution >= 0.6 is 0 Å². The van der Waals surface area contributed by atoms with Crippen molar-refractivity contribution in [3.05, 3.63) is 28.3 Å². The van der Waals surface area contributed by atoms with Gasteiger partial charge in [0.1, 0.15) is 0 Å². The van der Waals surface area contributed by atoms with E-state index in [2.05, 4.69) is 6.07 Å². The van der Waals surface area contributed by atoms with Crippen molar-refractivity contribution in [1.29, 1.82) is 0 Å². The zero-order valence-corrected chi connectivity index (χ0v) is 15.8. The van der Waals surface area contributed by atoms with Gasteiger partial charge in [-0.2, -0.15) is 4.31 Å². The van der Waals surface area contributed by atoms with E-state index >= 15 is 0 Å². The van der Waals surface area contributed by atoms with Crippen LogP contribution in [0, 0.1) is 27.7 Å². The molecule has 6 heteroatoms. The summed E-state index contributed by atoms with van der Waals surface area (Å²) in [7, 11) is -3.58. The van der Waals surface area contributed by atoms with Gasteiger partial charge in [0.05, 0.1) is 24.2 Å². The minimum absolute atomic E-state index is 0.231. The lowest BCUT2D eigenvalue weighted by atomic mass is 10.0. The zero-order valence-electron chi connectivity index (χ0n) is 15.0. The number of hydrogen-bond acceptors (Lipinski definition) is 4. The van der Waals surface area contributed by atoms with Crippen LogP contribution in [0.1, 0.15) is 41.5 Å². The third-order valence-electron chi connectivity index (χ3n) is 5.32. The highest BCUT2D eigenvalue weighted by Gasteiger charge is 2.41. The summed E-state index contributed by atoms with van der Waals surface area (Å²) in [6, 6.07) is 1.83. The van der Waals surface area contributed by atoms with Gasteiger partial charge >= 0.3 is 0 Å². The second kappa shape index (κ2) is 6.75. The van der Waals surface area contributed by atoms with Gasteiger partial charge in [-0.3, -0.25) is 0 Å². The molecule has 2 fully saturated rings. The van der Waals surface area contributed by atoms with Crippen molar-refractivity contribution in [3.8, 4) is 0 Å². The highest BCUT2D eigenvalue weighted by molar-refractivity contribution is 7.89. The minimum Gasteiger partial charge on any atom is -0.349 e. The van der Waals surface area contributed by atoms with E-state index in [0.717, 1.165) is 41.5 Å². The van der Waals surface area contributed by atoms with Crippen LogP contribution in [0.4, 0.5) is 0 Å². The SMILES string of the molecule is Cc1cc(C)c(C)c(S(=O)(=O)N2CCCCC2C2OCCO2)c1C. The maximum Gasteiger partial charge on any atom is 0.244 e.